The number of ketones is 1. The van der Waals surface area contributed by atoms with E-state index in [1.807, 2.05) is 0 Å². The molecule has 4 heteroatoms. The van der Waals surface area contributed by atoms with Crippen molar-refractivity contribution in [3.63, 3.8) is 0 Å². The summed E-state index contributed by atoms with van der Waals surface area (Å²) >= 11 is 0. The second-order valence-corrected chi connectivity index (χ2v) is 5.49. The van der Waals surface area contributed by atoms with Gasteiger partial charge in [-0.15, -0.1) is 6.58 Å². The van der Waals surface area contributed by atoms with Crippen LogP contribution in [0.15, 0.2) is 24.8 Å². The first kappa shape index (κ1) is 21.7. The summed E-state index contributed by atoms with van der Waals surface area (Å²) < 4.78 is 0. The predicted molar refractivity (Wildman–Crippen MR) is 95.0 cm³/mol. The van der Waals surface area contributed by atoms with E-state index in [9.17, 15) is 14.7 Å². The molecule has 4 nitrogen and oxygen atoms in total. The van der Waals surface area contributed by atoms with Crippen LogP contribution in [0.25, 0.3) is 0 Å². The molecule has 130 valence electrons. The lowest BCUT2D eigenvalue weighted by Gasteiger charge is -2.04. The molecule has 2 atom stereocenters. The smallest absolute Gasteiger partial charge is 0.303 e. The van der Waals surface area contributed by atoms with Crippen LogP contribution in [0.4, 0.5) is 0 Å². The van der Waals surface area contributed by atoms with Crippen LogP contribution in [0.1, 0.15) is 51.9 Å². The minimum atomic E-state index is -0.748. The molecule has 0 amide bonds. The lowest BCUT2D eigenvalue weighted by atomic mass is 10.1. The number of carbonyl (C=O) groups is 2. The molecule has 24 heavy (non-hydrogen) atoms. The molecular weight excluding hydrogens is 304 g/mol. The Labute approximate surface area is 144 Å². The molecule has 0 saturated carbocycles. The number of carbonyl (C=O) groups excluding carboxylic acids is 1. The molecule has 0 aliphatic carbocycles. The van der Waals surface area contributed by atoms with Crippen LogP contribution in [0.2, 0.25) is 0 Å². The number of rotatable bonds is 11. The standard InChI is InChI=1S/C20H26O4/c1-3-18(17(2)21)13-9-7-8-11-15-19(22)14-10-5-4-6-12-16-20(23)24/h3,11,15,18-19,22H,1,4-6,10,12,14,16H2,2H3,(H,23,24)/b15-11+. The highest BCUT2D eigenvalue weighted by atomic mass is 16.4. The molecule has 0 bridgehead atoms. The van der Waals surface area contributed by atoms with Gasteiger partial charge in [0.05, 0.1) is 12.0 Å². The molecule has 0 aliphatic heterocycles. The first-order chi connectivity index (χ1) is 11.5. The van der Waals surface area contributed by atoms with E-state index in [4.69, 9.17) is 5.11 Å². The van der Waals surface area contributed by atoms with E-state index in [0.717, 1.165) is 25.7 Å². The van der Waals surface area contributed by atoms with Crippen LogP contribution in [0.3, 0.4) is 0 Å². The van der Waals surface area contributed by atoms with Gasteiger partial charge < -0.3 is 10.2 Å². The maximum Gasteiger partial charge on any atom is 0.303 e. The van der Waals surface area contributed by atoms with Crippen molar-refractivity contribution in [2.45, 2.75) is 58.0 Å². The number of carboxylic acid groups (broad SMARTS) is 1. The largest absolute Gasteiger partial charge is 0.481 e. The molecule has 0 spiro atoms. The van der Waals surface area contributed by atoms with Gasteiger partial charge in [0.1, 0.15) is 5.78 Å². The minimum Gasteiger partial charge on any atom is -0.481 e. The number of aliphatic hydroxyl groups is 1. The Hall–Kier alpha value is -2.30. The molecule has 0 aromatic heterocycles. The number of Topliss-reactive ketones (excluding diaryl/α,β-unsaturated/α-hetero) is 1. The minimum absolute atomic E-state index is 0.0618. The van der Waals surface area contributed by atoms with Crippen molar-refractivity contribution in [2.75, 3.05) is 0 Å². The van der Waals surface area contributed by atoms with Gasteiger partial charge in [-0.25, -0.2) is 0 Å². The van der Waals surface area contributed by atoms with Gasteiger partial charge in [0.2, 0.25) is 0 Å². The summed E-state index contributed by atoms with van der Waals surface area (Å²) in [6.45, 7) is 4.99. The first-order valence-corrected chi connectivity index (χ1v) is 8.18. The van der Waals surface area contributed by atoms with Gasteiger partial charge in [-0.3, -0.25) is 9.59 Å². The van der Waals surface area contributed by atoms with Gasteiger partial charge in [-0.1, -0.05) is 43.6 Å². The van der Waals surface area contributed by atoms with E-state index in [2.05, 4.69) is 30.3 Å². The Balaban J connectivity index is 3.87. The van der Waals surface area contributed by atoms with Crippen molar-refractivity contribution < 1.29 is 19.8 Å². The maximum absolute atomic E-state index is 11.1. The van der Waals surface area contributed by atoms with Crippen molar-refractivity contribution in [3.8, 4) is 23.7 Å². The van der Waals surface area contributed by atoms with Crippen LogP contribution in [0, 0.1) is 29.6 Å². The fourth-order valence-corrected chi connectivity index (χ4v) is 1.93. The Kier molecular flexibility index (Phi) is 12.9. The summed E-state index contributed by atoms with van der Waals surface area (Å²) in [6, 6.07) is 0. The normalized spacial score (nSPS) is 12.4. The molecule has 0 rings (SSSR count). The van der Waals surface area contributed by atoms with E-state index in [1.165, 1.54) is 13.0 Å². The van der Waals surface area contributed by atoms with Crippen molar-refractivity contribution in [3.05, 3.63) is 24.8 Å². The van der Waals surface area contributed by atoms with E-state index >= 15 is 0 Å². The maximum atomic E-state index is 11.1. The molecule has 0 aromatic carbocycles. The zero-order chi connectivity index (χ0) is 18.2. The van der Waals surface area contributed by atoms with E-state index < -0.39 is 18.0 Å². The Morgan fingerprint density at radius 2 is 1.79 bits per heavy atom. The molecular formula is C20H26O4. The monoisotopic (exact) mass is 330 g/mol. The van der Waals surface area contributed by atoms with Crippen LogP contribution >= 0.6 is 0 Å². The van der Waals surface area contributed by atoms with Gasteiger partial charge in [0, 0.05) is 6.42 Å². The second kappa shape index (κ2) is 14.3. The number of hydrogen-bond donors (Lipinski definition) is 2. The highest BCUT2D eigenvalue weighted by Crippen LogP contribution is 2.09. The summed E-state index contributed by atoms with van der Waals surface area (Å²) in [5.74, 6) is 9.30. The molecule has 0 aliphatic rings. The molecule has 0 saturated heterocycles. The average Bonchev–Trinajstić information content (AvgIpc) is 2.52. The van der Waals surface area contributed by atoms with E-state index in [-0.39, 0.29) is 12.2 Å². The number of unbranched alkanes of at least 4 members (excludes halogenated alkanes) is 4. The van der Waals surface area contributed by atoms with Gasteiger partial charge in [0.25, 0.3) is 0 Å². The van der Waals surface area contributed by atoms with Crippen molar-refractivity contribution >= 4 is 11.8 Å². The van der Waals surface area contributed by atoms with Crippen molar-refractivity contribution in [2.24, 2.45) is 5.92 Å². The summed E-state index contributed by atoms with van der Waals surface area (Å²) in [4.78, 5) is 21.4. The molecule has 0 radical (unpaired) electrons. The molecule has 0 heterocycles. The zero-order valence-electron chi connectivity index (χ0n) is 14.3. The van der Waals surface area contributed by atoms with Crippen molar-refractivity contribution in [1.29, 1.82) is 0 Å². The lowest BCUT2D eigenvalue weighted by Crippen LogP contribution is -2.03. The third-order valence-electron chi connectivity index (χ3n) is 3.33. The highest BCUT2D eigenvalue weighted by Gasteiger charge is 2.03. The van der Waals surface area contributed by atoms with Crippen LogP contribution in [0.5, 0.6) is 0 Å². The topological polar surface area (TPSA) is 74.6 Å². The molecule has 0 aromatic rings. The summed E-state index contributed by atoms with van der Waals surface area (Å²) in [7, 11) is 0. The Morgan fingerprint density at radius 1 is 1.12 bits per heavy atom. The SMILES string of the molecule is C=CC(C#CC#C/C=C/C(O)CCCCCCCC(=O)O)C(C)=O. The predicted octanol–water partition coefficient (Wildman–Crippen LogP) is 3.12. The van der Waals surface area contributed by atoms with E-state index in [1.54, 1.807) is 12.2 Å². The van der Waals surface area contributed by atoms with Crippen molar-refractivity contribution in [1.82, 2.24) is 0 Å². The first-order valence-electron chi connectivity index (χ1n) is 8.18. The summed E-state index contributed by atoms with van der Waals surface area (Å²) in [5, 5.41) is 18.3. The highest BCUT2D eigenvalue weighted by molar-refractivity contribution is 5.83. The molecule has 0 fully saturated rings. The van der Waals surface area contributed by atoms with Crippen LogP contribution < -0.4 is 0 Å². The van der Waals surface area contributed by atoms with Gasteiger partial charge in [-0.05, 0) is 43.8 Å². The van der Waals surface area contributed by atoms with E-state index in [0.29, 0.717) is 12.8 Å². The van der Waals surface area contributed by atoms with Gasteiger partial charge in [-0.2, -0.15) is 0 Å². The summed E-state index contributed by atoms with van der Waals surface area (Å²) in [6.07, 6.45) is 9.50. The molecule has 2 N–H and O–H groups in total. The number of hydrogen-bond acceptors (Lipinski definition) is 3. The quantitative estimate of drug-likeness (QED) is 0.347. The third-order valence-corrected chi connectivity index (χ3v) is 3.33. The van der Waals surface area contributed by atoms with Crippen LogP contribution in [-0.4, -0.2) is 28.1 Å². The number of aliphatic carboxylic acids is 1. The lowest BCUT2D eigenvalue weighted by molar-refractivity contribution is -0.137. The number of carboxylic acids is 1. The van der Waals surface area contributed by atoms with Gasteiger partial charge in [0.15, 0.2) is 0 Å². The number of allylic oxidation sites excluding steroid dienone is 2. The Morgan fingerprint density at radius 3 is 2.42 bits per heavy atom. The summed E-state index contributed by atoms with van der Waals surface area (Å²) in [5.41, 5.74) is 0. The fourth-order valence-electron chi connectivity index (χ4n) is 1.93. The third kappa shape index (κ3) is 13.4. The number of aliphatic hydroxyl groups excluding tert-OH is 1. The zero-order valence-corrected chi connectivity index (χ0v) is 14.3. The van der Waals surface area contributed by atoms with Gasteiger partial charge >= 0.3 is 5.97 Å². The molecule has 2 unspecified atom stereocenters. The second-order valence-electron chi connectivity index (χ2n) is 5.49. The fraction of sp³-hybridized carbons (Fsp3) is 0.500. The Bertz CT molecular complexity index is 552. The average molecular weight is 330 g/mol. The van der Waals surface area contributed by atoms with Crippen LogP contribution in [-0.2, 0) is 9.59 Å².